The Kier molecular flexibility index (Phi) is 5.60. The van der Waals surface area contributed by atoms with Crippen LogP contribution in [0.2, 0.25) is 4.34 Å². The predicted octanol–water partition coefficient (Wildman–Crippen LogP) is 3.18. The highest BCUT2D eigenvalue weighted by atomic mass is 35.5. The first kappa shape index (κ1) is 21.2. The van der Waals surface area contributed by atoms with Gasteiger partial charge in [-0.15, -0.1) is 11.3 Å². The Morgan fingerprint density at radius 1 is 1.20 bits per heavy atom. The van der Waals surface area contributed by atoms with E-state index >= 15 is 0 Å². The molecule has 0 unspecified atom stereocenters. The van der Waals surface area contributed by atoms with Crippen LogP contribution in [0.3, 0.4) is 0 Å². The molecule has 4 rings (SSSR count). The Bertz CT molecular complexity index is 1210. The maximum absolute atomic E-state index is 13.3. The molecule has 160 valence electrons. The number of rotatable bonds is 4. The van der Waals surface area contributed by atoms with E-state index in [1.54, 1.807) is 27.9 Å². The molecular weight excluding hydrogens is 446 g/mol. The molecule has 0 spiro atoms. The SMILES string of the molecule is Cc1cc(C(=O)N2CCN(S(=O)(=O)c3ccc(Cl)s3)CC2)c2cnn(C(C)C)c2n1. The first-order valence-corrected chi connectivity index (χ1v) is 12.2. The number of piperazine rings is 1. The summed E-state index contributed by atoms with van der Waals surface area (Å²) < 4.78 is 29.4. The van der Waals surface area contributed by atoms with Crippen molar-refractivity contribution in [2.45, 2.75) is 31.0 Å². The lowest BCUT2D eigenvalue weighted by Crippen LogP contribution is -2.50. The summed E-state index contributed by atoms with van der Waals surface area (Å²) in [5.41, 5.74) is 1.97. The van der Waals surface area contributed by atoms with E-state index in [0.717, 1.165) is 17.0 Å². The number of nitrogens with zero attached hydrogens (tertiary/aromatic N) is 5. The van der Waals surface area contributed by atoms with Crippen LogP contribution in [0, 0.1) is 6.92 Å². The molecule has 0 atom stereocenters. The van der Waals surface area contributed by atoms with E-state index in [1.165, 1.54) is 10.4 Å². The molecule has 4 heterocycles. The molecule has 1 saturated heterocycles. The predicted molar refractivity (Wildman–Crippen MR) is 117 cm³/mol. The minimum Gasteiger partial charge on any atom is -0.336 e. The van der Waals surface area contributed by atoms with Crippen molar-refractivity contribution in [1.82, 2.24) is 24.0 Å². The average Bonchev–Trinajstić information content (AvgIpc) is 3.33. The fraction of sp³-hybridized carbons (Fsp3) is 0.421. The summed E-state index contributed by atoms with van der Waals surface area (Å²) in [6.07, 6.45) is 1.68. The summed E-state index contributed by atoms with van der Waals surface area (Å²) in [5, 5.41) is 5.10. The molecule has 1 amide bonds. The molecule has 30 heavy (non-hydrogen) atoms. The number of carbonyl (C=O) groups is 1. The lowest BCUT2D eigenvalue weighted by Gasteiger charge is -2.33. The maximum atomic E-state index is 13.3. The van der Waals surface area contributed by atoms with Gasteiger partial charge in [-0.1, -0.05) is 11.6 Å². The lowest BCUT2D eigenvalue weighted by molar-refractivity contribution is 0.0700. The molecule has 0 bridgehead atoms. The molecule has 0 saturated carbocycles. The maximum Gasteiger partial charge on any atom is 0.254 e. The lowest BCUT2D eigenvalue weighted by atomic mass is 10.1. The first-order chi connectivity index (χ1) is 14.2. The Morgan fingerprint density at radius 3 is 2.50 bits per heavy atom. The highest BCUT2D eigenvalue weighted by molar-refractivity contribution is 7.91. The van der Waals surface area contributed by atoms with Gasteiger partial charge in [0.2, 0.25) is 0 Å². The van der Waals surface area contributed by atoms with Crippen molar-refractivity contribution < 1.29 is 13.2 Å². The van der Waals surface area contributed by atoms with Gasteiger partial charge in [0.25, 0.3) is 15.9 Å². The number of fused-ring (bicyclic) bond motifs is 1. The quantitative estimate of drug-likeness (QED) is 0.588. The molecule has 1 aliphatic heterocycles. The van der Waals surface area contributed by atoms with E-state index in [1.807, 2.05) is 20.8 Å². The van der Waals surface area contributed by atoms with Crippen LogP contribution in [0.1, 0.15) is 35.9 Å². The summed E-state index contributed by atoms with van der Waals surface area (Å²) in [6.45, 7) is 6.99. The monoisotopic (exact) mass is 467 g/mol. The fourth-order valence-corrected chi connectivity index (χ4v) is 6.62. The molecule has 3 aromatic heterocycles. The number of hydrogen-bond donors (Lipinski definition) is 0. The molecule has 8 nitrogen and oxygen atoms in total. The van der Waals surface area contributed by atoms with Crippen molar-refractivity contribution in [1.29, 1.82) is 0 Å². The largest absolute Gasteiger partial charge is 0.336 e. The Balaban J connectivity index is 1.55. The van der Waals surface area contributed by atoms with Crippen molar-refractivity contribution in [2.24, 2.45) is 0 Å². The zero-order valence-corrected chi connectivity index (χ0v) is 19.3. The summed E-state index contributed by atoms with van der Waals surface area (Å²) in [5.74, 6) is -0.134. The number of pyridine rings is 1. The number of halogens is 1. The highest BCUT2D eigenvalue weighted by Gasteiger charge is 2.32. The van der Waals surface area contributed by atoms with Gasteiger partial charge in [-0.05, 0) is 39.0 Å². The summed E-state index contributed by atoms with van der Waals surface area (Å²) >= 11 is 6.93. The second-order valence-electron chi connectivity index (χ2n) is 7.49. The zero-order valence-electron chi connectivity index (χ0n) is 16.9. The van der Waals surface area contributed by atoms with Crippen molar-refractivity contribution in [3.05, 3.63) is 40.0 Å². The minimum atomic E-state index is -3.60. The van der Waals surface area contributed by atoms with Crippen LogP contribution >= 0.6 is 22.9 Å². The van der Waals surface area contributed by atoms with Crippen LogP contribution in [0.4, 0.5) is 0 Å². The van der Waals surface area contributed by atoms with Gasteiger partial charge < -0.3 is 4.90 Å². The van der Waals surface area contributed by atoms with Crippen LogP contribution in [-0.4, -0.2) is 64.5 Å². The Morgan fingerprint density at radius 2 is 1.90 bits per heavy atom. The summed E-state index contributed by atoms with van der Waals surface area (Å²) in [7, 11) is -3.60. The van der Waals surface area contributed by atoms with Crippen LogP contribution < -0.4 is 0 Å². The number of amides is 1. The molecule has 1 fully saturated rings. The molecule has 0 aliphatic carbocycles. The van der Waals surface area contributed by atoms with Crippen LogP contribution in [-0.2, 0) is 10.0 Å². The first-order valence-electron chi connectivity index (χ1n) is 9.58. The number of sulfonamides is 1. The molecule has 0 aromatic carbocycles. The van der Waals surface area contributed by atoms with E-state index in [4.69, 9.17) is 11.6 Å². The number of hydrogen-bond acceptors (Lipinski definition) is 6. The van der Waals surface area contributed by atoms with Gasteiger partial charge >= 0.3 is 0 Å². The molecule has 3 aromatic rings. The van der Waals surface area contributed by atoms with E-state index < -0.39 is 10.0 Å². The van der Waals surface area contributed by atoms with Crippen molar-refractivity contribution in [3.63, 3.8) is 0 Å². The summed E-state index contributed by atoms with van der Waals surface area (Å²) in [4.78, 5) is 19.5. The second-order valence-corrected chi connectivity index (χ2v) is 11.4. The Hall–Kier alpha value is -2.01. The average molecular weight is 468 g/mol. The van der Waals surface area contributed by atoms with Crippen LogP contribution in [0.25, 0.3) is 11.0 Å². The van der Waals surface area contributed by atoms with Gasteiger partial charge in [0.15, 0.2) is 5.65 Å². The standard InChI is InChI=1S/C19H22ClN5O3S2/c1-12(2)25-18-15(11-21-25)14(10-13(3)22-18)19(26)23-6-8-24(9-7-23)30(27,28)17-5-4-16(20)29-17/h4-5,10-12H,6-9H2,1-3H3. The van der Waals surface area contributed by atoms with Crippen LogP contribution in [0.15, 0.2) is 28.6 Å². The van der Waals surface area contributed by atoms with Gasteiger partial charge in [-0.25, -0.2) is 18.1 Å². The van der Waals surface area contributed by atoms with Gasteiger partial charge in [0.05, 0.1) is 21.5 Å². The second kappa shape index (κ2) is 7.92. The Labute approximate surface area is 184 Å². The van der Waals surface area contributed by atoms with Crippen LogP contribution in [0.5, 0.6) is 0 Å². The topological polar surface area (TPSA) is 88.4 Å². The zero-order chi connectivity index (χ0) is 21.6. The van der Waals surface area contributed by atoms with Gasteiger partial charge in [-0.3, -0.25) is 4.79 Å². The fourth-order valence-electron chi connectivity index (χ4n) is 3.56. The van der Waals surface area contributed by atoms with Gasteiger partial charge in [0, 0.05) is 37.9 Å². The number of carbonyl (C=O) groups excluding carboxylic acids is 1. The van der Waals surface area contributed by atoms with Gasteiger partial charge in [-0.2, -0.15) is 9.40 Å². The highest BCUT2D eigenvalue weighted by Crippen LogP contribution is 2.29. The number of aromatic nitrogens is 3. The molecule has 11 heteroatoms. The number of aryl methyl sites for hydroxylation is 1. The van der Waals surface area contributed by atoms with Crippen molar-refractivity contribution in [3.8, 4) is 0 Å². The molecule has 1 aliphatic rings. The van der Waals surface area contributed by atoms with E-state index in [-0.39, 0.29) is 29.2 Å². The third kappa shape index (κ3) is 3.73. The molecule has 0 radical (unpaired) electrons. The van der Waals surface area contributed by atoms with E-state index in [9.17, 15) is 13.2 Å². The van der Waals surface area contributed by atoms with Crippen molar-refractivity contribution >= 4 is 49.9 Å². The smallest absolute Gasteiger partial charge is 0.254 e. The molecule has 0 N–H and O–H groups in total. The van der Waals surface area contributed by atoms with Crippen molar-refractivity contribution in [2.75, 3.05) is 26.2 Å². The molecular formula is C19H22ClN5O3S2. The summed E-state index contributed by atoms with van der Waals surface area (Å²) in [6, 6.07) is 4.99. The van der Waals surface area contributed by atoms with Gasteiger partial charge in [0.1, 0.15) is 4.21 Å². The third-order valence-corrected chi connectivity index (χ3v) is 8.68. The normalized spacial score (nSPS) is 16.0. The third-order valence-electron chi connectivity index (χ3n) is 5.08. The minimum absolute atomic E-state index is 0.124. The van der Waals surface area contributed by atoms with E-state index in [0.29, 0.717) is 34.0 Å². The van der Waals surface area contributed by atoms with E-state index in [2.05, 4.69) is 10.1 Å². The number of thiophene rings is 1.